The number of nitrogens with one attached hydrogen (secondary N) is 1. The van der Waals surface area contributed by atoms with Crippen molar-refractivity contribution in [3.63, 3.8) is 0 Å². The maximum absolute atomic E-state index is 12.3. The van der Waals surface area contributed by atoms with E-state index in [0.717, 1.165) is 11.1 Å². The van der Waals surface area contributed by atoms with Crippen LogP contribution in [0.5, 0.6) is 0 Å². The third kappa shape index (κ3) is 4.27. The Morgan fingerprint density at radius 3 is 2.21 bits per heavy atom. The minimum absolute atomic E-state index is 0.160. The highest BCUT2D eigenvalue weighted by atomic mass is 32.2. The lowest BCUT2D eigenvalue weighted by Crippen LogP contribution is -2.14. The Balaban J connectivity index is 1.56. The van der Waals surface area contributed by atoms with Crippen LogP contribution < -0.4 is 5.32 Å². The van der Waals surface area contributed by atoms with Gasteiger partial charge in [0, 0.05) is 23.5 Å². The Morgan fingerprint density at radius 1 is 0.893 bits per heavy atom. The number of amides is 1. The predicted octanol–water partition coefficient (Wildman–Crippen LogP) is 4.53. The van der Waals surface area contributed by atoms with Crippen molar-refractivity contribution in [2.24, 2.45) is 0 Å². The molecule has 28 heavy (non-hydrogen) atoms. The van der Waals surface area contributed by atoms with Gasteiger partial charge in [0.05, 0.1) is 5.75 Å². The molecule has 2 aromatic heterocycles. The van der Waals surface area contributed by atoms with E-state index in [-0.39, 0.29) is 17.7 Å². The van der Waals surface area contributed by atoms with Gasteiger partial charge in [-0.2, -0.15) is 4.98 Å². The van der Waals surface area contributed by atoms with Gasteiger partial charge in [0.1, 0.15) is 5.69 Å². The monoisotopic (exact) mass is 388 g/mol. The van der Waals surface area contributed by atoms with Gasteiger partial charge in [0.2, 0.25) is 5.91 Å². The van der Waals surface area contributed by atoms with Crippen LogP contribution in [0.25, 0.3) is 22.6 Å². The van der Waals surface area contributed by atoms with Crippen LogP contribution in [0.2, 0.25) is 0 Å². The minimum atomic E-state index is -0.238. The number of hydrogen-bond donors (Lipinski definition) is 1. The molecule has 4 rings (SSSR count). The van der Waals surface area contributed by atoms with Gasteiger partial charge in [0.25, 0.3) is 0 Å². The number of carbonyl (C=O) groups is 1. The van der Waals surface area contributed by atoms with Crippen molar-refractivity contribution < 1.29 is 9.21 Å². The highest BCUT2D eigenvalue weighted by molar-refractivity contribution is 7.99. The predicted molar refractivity (Wildman–Crippen MR) is 109 cm³/mol. The number of aromatic nitrogens is 3. The SMILES string of the molecule is O=C(CSc1ncccn1)Nc1nc(-c2ccccc2)c(-c2ccccc2)o1. The van der Waals surface area contributed by atoms with E-state index in [1.807, 2.05) is 60.7 Å². The van der Waals surface area contributed by atoms with E-state index in [2.05, 4.69) is 20.3 Å². The molecule has 2 heterocycles. The molecule has 0 aliphatic carbocycles. The van der Waals surface area contributed by atoms with E-state index >= 15 is 0 Å². The molecule has 0 saturated heterocycles. The largest absolute Gasteiger partial charge is 0.423 e. The molecule has 0 atom stereocenters. The maximum atomic E-state index is 12.3. The second-order valence-corrected chi connectivity index (χ2v) is 6.74. The van der Waals surface area contributed by atoms with E-state index in [9.17, 15) is 4.79 Å². The number of thioether (sulfide) groups is 1. The highest BCUT2D eigenvalue weighted by Crippen LogP contribution is 2.34. The zero-order valence-corrected chi connectivity index (χ0v) is 15.6. The zero-order chi connectivity index (χ0) is 19.2. The molecule has 0 radical (unpaired) electrons. The van der Waals surface area contributed by atoms with Crippen molar-refractivity contribution in [3.8, 4) is 22.6 Å². The summed E-state index contributed by atoms with van der Waals surface area (Å²) >= 11 is 1.25. The van der Waals surface area contributed by atoms with Crippen molar-refractivity contribution in [1.29, 1.82) is 0 Å². The molecule has 0 saturated carbocycles. The fraction of sp³-hybridized carbons (Fsp3) is 0.0476. The molecule has 2 aromatic carbocycles. The van der Waals surface area contributed by atoms with Gasteiger partial charge in [-0.05, 0) is 6.07 Å². The lowest BCUT2D eigenvalue weighted by molar-refractivity contribution is -0.113. The second-order valence-electron chi connectivity index (χ2n) is 5.80. The topological polar surface area (TPSA) is 80.9 Å². The van der Waals surface area contributed by atoms with E-state index in [1.165, 1.54) is 11.8 Å². The lowest BCUT2D eigenvalue weighted by Gasteiger charge is -2.01. The Labute approximate surface area is 166 Å². The van der Waals surface area contributed by atoms with Crippen LogP contribution >= 0.6 is 11.8 Å². The number of benzene rings is 2. The second kappa shape index (κ2) is 8.49. The summed E-state index contributed by atoms with van der Waals surface area (Å²) in [4.78, 5) is 25.0. The molecule has 0 bridgehead atoms. The molecule has 0 fully saturated rings. The van der Waals surface area contributed by atoms with Gasteiger partial charge in [-0.3, -0.25) is 10.1 Å². The Kier molecular flexibility index (Phi) is 5.44. The van der Waals surface area contributed by atoms with Gasteiger partial charge in [-0.1, -0.05) is 72.4 Å². The number of nitrogens with zero attached hydrogens (tertiary/aromatic N) is 3. The summed E-state index contributed by atoms with van der Waals surface area (Å²) in [5, 5.41) is 3.26. The standard InChI is InChI=1S/C21H16N4O2S/c26-17(14-28-21-22-12-7-13-23-21)24-20-25-18(15-8-3-1-4-9-15)19(27-20)16-10-5-2-6-11-16/h1-13H,14H2,(H,24,25,26). The average molecular weight is 388 g/mol. The summed E-state index contributed by atoms with van der Waals surface area (Å²) in [7, 11) is 0. The smallest absolute Gasteiger partial charge is 0.302 e. The average Bonchev–Trinajstić information content (AvgIpc) is 3.18. The van der Waals surface area contributed by atoms with Crippen LogP contribution in [0.15, 0.2) is 88.7 Å². The number of rotatable bonds is 6. The van der Waals surface area contributed by atoms with Crippen LogP contribution in [0.3, 0.4) is 0 Å². The first kappa shape index (κ1) is 17.9. The first-order valence-electron chi connectivity index (χ1n) is 8.61. The molecule has 1 amide bonds. The van der Waals surface area contributed by atoms with Gasteiger partial charge >= 0.3 is 6.01 Å². The van der Waals surface area contributed by atoms with Crippen molar-refractivity contribution in [1.82, 2.24) is 15.0 Å². The highest BCUT2D eigenvalue weighted by Gasteiger charge is 2.18. The van der Waals surface area contributed by atoms with Gasteiger partial charge in [-0.25, -0.2) is 9.97 Å². The van der Waals surface area contributed by atoms with E-state index in [4.69, 9.17) is 4.42 Å². The third-order valence-electron chi connectivity index (χ3n) is 3.83. The lowest BCUT2D eigenvalue weighted by atomic mass is 10.1. The zero-order valence-electron chi connectivity index (χ0n) is 14.8. The summed E-state index contributed by atoms with van der Waals surface area (Å²) in [6.07, 6.45) is 3.28. The number of oxazole rings is 1. The van der Waals surface area contributed by atoms with Crippen molar-refractivity contribution in [3.05, 3.63) is 79.1 Å². The molecule has 0 aliphatic heterocycles. The first-order chi connectivity index (χ1) is 13.8. The number of anilines is 1. The first-order valence-corrected chi connectivity index (χ1v) is 9.59. The van der Waals surface area contributed by atoms with Crippen LogP contribution in [0, 0.1) is 0 Å². The summed E-state index contributed by atoms with van der Waals surface area (Å²) in [5.74, 6) is 0.535. The quantitative estimate of drug-likeness (QED) is 0.386. The summed E-state index contributed by atoms with van der Waals surface area (Å²) in [5.41, 5.74) is 2.49. The molecular formula is C21H16N4O2S. The molecule has 0 unspecified atom stereocenters. The molecule has 6 nitrogen and oxygen atoms in total. The van der Waals surface area contributed by atoms with E-state index in [0.29, 0.717) is 16.6 Å². The molecule has 138 valence electrons. The normalized spacial score (nSPS) is 10.6. The fourth-order valence-electron chi connectivity index (χ4n) is 2.60. The van der Waals surface area contributed by atoms with Gasteiger partial charge in [0.15, 0.2) is 10.9 Å². The third-order valence-corrected chi connectivity index (χ3v) is 4.71. The number of carbonyl (C=O) groups excluding carboxylic acids is 1. The Hall–Kier alpha value is -3.45. The van der Waals surface area contributed by atoms with Crippen LogP contribution in [-0.2, 0) is 4.79 Å². The minimum Gasteiger partial charge on any atom is -0.423 e. The number of hydrogen-bond acceptors (Lipinski definition) is 6. The van der Waals surface area contributed by atoms with Crippen molar-refractivity contribution in [2.75, 3.05) is 11.1 Å². The maximum Gasteiger partial charge on any atom is 0.302 e. The van der Waals surface area contributed by atoms with Crippen LogP contribution in [0.4, 0.5) is 6.01 Å². The summed E-state index contributed by atoms with van der Waals surface area (Å²) in [6, 6.07) is 21.3. The van der Waals surface area contributed by atoms with Crippen LogP contribution in [-0.4, -0.2) is 26.6 Å². The molecule has 1 N–H and O–H groups in total. The fourth-order valence-corrected chi connectivity index (χ4v) is 3.20. The van der Waals surface area contributed by atoms with Gasteiger partial charge < -0.3 is 4.42 Å². The molecule has 0 aliphatic rings. The van der Waals surface area contributed by atoms with Crippen molar-refractivity contribution in [2.45, 2.75) is 5.16 Å². The molecule has 7 heteroatoms. The van der Waals surface area contributed by atoms with Crippen molar-refractivity contribution >= 4 is 23.7 Å². The molecule has 0 spiro atoms. The summed E-state index contributed by atoms with van der Waals surface area (Å²) < 4.78 is 5.89. The Bertz CT molecular complexity index is 997. The molecular weight excluding hydrogens is 372 g/mol. The summed E-state index contributed by atoms with van der Waals surface area (Å²) in [6.45, 7) is 0. The van der Waals surface area contributed by atoms with E-state index < -0.39 is 0 Å². The Morgan fingerprint density at radius 2 is 1.54 bits per heavy atom. The van der Waals surface area contributed by atoms with E-state index in [1.54, 1.807) is 18.5 Å². The van der Waals surface area contributed by atoms with Crippen LogP contribution in [0.1, 0.15) is 0 Å². The molecule has 4 aromatic rings. The van der Waals surface area contributed by atoms with Gasteiger partial charge in [-0.15, -0.1) is 0 Å².